The summed E-state index contributed by atoms with van der Waals surface area (Å²) in [5.41, 5.74) is 5.78. The number of hydrogen-bond donors (Lipinski definition) is 2. The molecule has 6 heteroatoms. The number of nitrogens with zero attached hydrogens (tertiary/aromatic N) is 1. The van der Waals surface area contributed by atoms with Gasteiger partial charge in [0, 0.05) is 24.2 Å². The zero-order chi connectivity index (χ0) is 13.1. The van der Waals surface area contributed by atoms with Gasteiger partial charge in [-0.3, -0.25) is 14.7 Å². The van der Waals surface area contributed by atoms with Gasteiger partial charge >= 0.3 is 0 Å². The Balaban J connectivity index is 2.37. The Kier molecular flexibility index (Phi) is 3.38. The van der Waals surface area contributed by atoms with Crippen LogP contribution in [0.15, 0.2) is 39.9 Å². The number of nitrogens with one attached hydrogen (secondary N) is 1. The lowest BCUT2D eigenvalue weighted by molar-refractivity contribution is 0.601. The second-order valence-electron chi connectivity index (χ2n) is 3.86. The smallest absolute Gasteiger partial charge is 0.265 e. The maximum absolute atomic E-state index is 13.2. The van der Waals surface area contributed by atoms with Crippen LogP contribution >= 0.6 is 0 Å². The van der Waals surface area contributed by atoms with Crippen molar-refractivity contribution in [3.63, 3.8) is 0 Å². The van der Waals surface area contributed by atoms with Gasteiger partial charge in [0.15, 0.2) is 0 Å². The number of nitrogens with two attached hydrogens (primary N) is 1. The molecule has 0 radical (unpaired) electrons. The number of halogens is 1. The maximum atomic E-state index is 13.2. The highest BCUT2D eigenvalue weighted by Gasteiger charge is 2.04. The van der Waals surface area contributed by atoms with E-state index >= 15 is 0 Å². The van der Waals surface area contributed by atoms with Crippen LogP contribution in [0, 0.1) is 5.82 Å². The minimum absolute atomic E-state index is 0.0832. The normalized spacial score (nSPS) is 10.6. The standard InChI is InChI=1S/C12H12FN3O2/c13-10-2-1-8(5-9(10)6-14)7-16-12(18)4-3-11(17)15-16/h1-5H,6-7,14H2,(H,15,17). The first-order valence-electron chi connectivity index (χ1n) is 5.37. The van der Waals surface area contributed by atoms with Crippen LogP contribution in [-0.4, -0.2) is 9.78 Å². The molecular weight excluding hydrogens is 237 g/mol. The van der Waals surface area contributed by atoms with Crippen LogP contribution in [0.1, 0.15) is 11.1 Å². The van der Waals surface area contributed by atoms with E-state index in [0.29, 0.717) is 11.1 Å². The van der Waals surface area contributed by atoms with Gasteiger partial charge in [-0.05, 0) is 17.7 Å². The van der Waals surface area contributed by atoms with E-state index in [1.54, 1.807) is 12.1 Å². The van der Waals surface area contributed by atoms with Crippen molar-refractivity contribution in [2.75, 3.05) is 0 Å². The lowest BCUT2D eigenvalue weighted by atomic mass is 10.1. The Morgan fingerprint density at radius 1 is 1.22 bits per heavy atom. The molecule has 0 aliphatic rings. The summed E-state index contributed by atoms with van der Waals surface area (Å²) in [4.78, 5) is 22.6. The minimum atomic E-state index is -0.379. The zero-order valence-corrected chi connectivity index (χ0v) is 9.52. The van der Waals surface area contributed by atoms with Crippen molar-refractivity contribution in [2.24, 2.45) is 5.73 Å². The molecule has 0 saturated heterocycles. The van der Waals surface area contributed by atoms with Crippen molar-refractivity contribution in [1.29, 1.82) is 0 Å². The van der Waals surface area contributed by atoms with E-state index in [-0.39, 0.29) is 30.0 Å². The van der Waals surface area contributed by atoms with Gasteiger partial charge in [-0.1, -0.05) is 6.07 Å². The molecule has 0 aliphatic carbocycles. The van der Waals surface area contributed by atoms with Crippen LogP contribution in [-0.2, 0) is 13.1 Å². The van der Waals surface area contributed by atoms with Crippen LogP contribution in [0.5, 0.6) is 0 Å². The Bertz CT molecular complexity index is 676. The quantitative estimate of drug-likeness (QED) is 0.814. The third-order valence-electron chi connectivity index (χ3n) is 2.56. The highest BCUT2D eigenvalue weighted by atomic mass is 19.1. The molecule has 3 N–H and O–H groups in total. The predicted octanol–water partition coefficient (Wildman–Crippen LogP) is 0.183. The van der Waals surface area contributed by atoms with Gasteiger partial charge in [0.25, 0.3) is 11.1 Å². The van der Waals surface area contributed by atoms with E-state index in [1.165, 1.54) is 12.1 Å². The minimum Gasteiger partial charge on any atom is -0.326 e. The SMILES string of the molecule is NCc1cc(Cn2[nH]c(=O)ccc2=O)ccc1F. The molecule has 2 rings (SSSR count). The van der Waals surface area contributed by atoms with Crippen LogP contribution in [0.2, 0.25) is 0 Å². The van der Waals surface area contributed by atoms with Gasteiger partial charge in [-0.25, -0.2) is 9.07 Å². The highest BCUT2D eigenvalue weighted by molar-refractivity contribution is 5.25. The van der Waals surface area contributed by atoms with Crippen LogP contribution in [0.3, 0.4) is 0 Å². The van der Waals surface area contributed by atoms with Crippen molar-refractivity contribution >= 4 is 0 Å². The molecule has 0 atom stereocenters. The molecule has 0 unspecified atom stereocenters. The summed E-state index contributed by atoms with van der Waals surface area (Å²) in [6.07, 6.45) is 0. The molecule has 0 spiro atoms. The van der Waals surface area contributed by atoms with E-state index < -0.39 is 0 Å². The topological polar surface area (TPSA) is 80.9 Å². The van der Waals surface area contributed by atoms with E-state index in [2.05, 4.69) is 5.10 Å². The first-order valence-corrected chi connectivity index (χ1v) is 5.37. The van der Waals surface area contributed by atoms with E-state index in [4.69, 9.17) is 5.73 Å². The summed E-state index contributed by atoms with van der Waals surface area (Å²) in [5.74, 6) is -0.379. The van der Waals surface area contributed by atoms with E-state index in [1.807, 2.05) is 0 Å². The number of benzene rings is 1. The average Bonchev–Trinajstić information content (AvgIpc) is 2.36. The third-order valence-corrected chi connectivity index (χ3v) is 2.56. The predicted molar refractivity (Wildman–Crippen MR) is 64.7 cm³/mol. The summed E-state index contributed by atoms with van der Waals surface area (Å²) < 4.78 is 14.4. The molecule has 1 aromatic heterocycles. The molecule has 94 valence electrons. The third kappa shape index (κ3) is 2.54. The monoisotopic (exact) mass is 249 g/mol. The van der Waals surface area contributed by atoms with Gasteiger partial charge in [-0.15, -0.1) is 0 Å². The summed E-state index contributed by atoms with van der Waals surface area (Å²) in [6.45, 7) is 0.252. The largest absolute Gasteiger partial charge is 0.326 e. The highest BCUT2D eigenvalue weighted by Crippen LogP contribution is 2.10. The molecule has 18 heavy (non-hydrogen) atoms. The Morgan fingerprint density at radius 2 is 2.00 bits per heavy atom. The lowest BCUT2D eigenvalue weighted by Crippen LogP contribution is -2.28. The molecule has 0 fully saturated rings. The molecule has 5 nitrogen and oxygen atoms in total. The second-order valence-corrected chi connectivity index (χ2v) is 3.86. The summed E-state index contributed by atoms with van der Waals surface area (Å²) in [6, 6.07) is 6.77. The fourth-order valence-corrected chi connectivity index (χ4v) is 1.65. The van der Waals surface area contributed by atoms with Crippen molar-refractivity contribution in [3.8, 4) is 0 Å². The van der Waals surface area contributed by atoms with Crippen LogP contribution in [0.4, 0.5) is 4.39 Å². The molecule has 0 saturated carbocycles. The molecule has 2 aromatic rings. The number of aromatic nitrogens is 2. The fraction of sp³-hybridized carbons (Fsp3) is 0.167. The Labute approximate surface area is 102 Å². The molecule has 0 amide bonds. The van der Waals surface area contributed by atoms with Gasteiger partial charge in [-0.2, -0.15) is 0 Å². The number of rotatable bonds is 3. The summed E-state index contributed by atoms with van der Waals surface area (Å²) in [5, 5.41) is 2.40. The van der Waals surface area contributed by atoms with Crippen molar-refractivity contribution in [1.82, 2.24) is 9.78 Å². The molecule has 0 bridgehead atoms. The molecular formula is C12H12FN3O2. The summed E-state index contributed by atoms with van der Waals surface area (Å²) >= 11 is 0. The Hall–Kier alpha value is -2.21. The van der Waals surface area contributed by atoms with Crippen molar-refractivity contribution < 1.29 is 4.39 Å². The zero-order valence-electron chi connectivity index (χ0n) is 9.52. The van der Waals surface area contributed by atoms with E-state index in [0.717, 1.165) is 10.7 Å². The van der Waals surface area contributed by atoms with Gasteiger partial charge in [0.2, 0.25) is 0 Å². The fourth-order valence-electron chi connectivity index (χ4n) is 1.65. The lowest BCUT2D eigenvalue weighted by Gasteiger charge is -2.07. The molecule has 0 aliphatic heterocycles. The van der Waals surface area contributed by atoms with E-state index in [9.17, 15) is 14.0 Å². The Morgan fingerprint density at radius 3 is 2.72 bits per heavy atom. The van der Waals surface area contributed by atoms with Crippen molar-refractivity contribution in [2.45, 2.75) is 13.1 Å². The number of hydrogen-bond acceptors (Lipinski definition) is 3. The number of H-pyrrole nitrogens is 1. The van der Waals surface area contributed by atoms with Gasteiger partial charge in [0.05, 0.1) is 6.54 Å². The second kappa shape index (κ2) is 4.97. The van der Waals surface area contributed by atoms with Crippen LogP contribution < -0.4 is 16.9 Å². The molecule has 1 heterocycles. The van der Waals surface area contributed by atoms with Crippen LogP contribution in [0.25, 0.3) is 0 Å². The summed E-state index contributed by atoms with van der Waals surface area (Å²) in [7, 11) is 0. The first kappa shape index (κ1) is 12.3. The van der Waals surface area contributed by atoms with Gasteiger partial charge in [0.1, 0.15) is 5.82 Å². The average molecular weight is 249 g/mol. The first-order chi connectivity index (χ1) is 8.60. The van der Waals surface area contributed by atoms with Gasteiger partial charge < -0.3 is 5.73 Å². The number of aromatic amines is 1. The maximum Gasteiger partial charge on any atom is 0.265 e. The molecule has 1 aromatic carbocycles. The van der Waals surface area contributed by atoms with Crippen molar-refractivity contribution in [3.05, 3.63) is 68.0 Å².